The zero-order valence-corrected chi connectivity index (χ0v) is 20.4. The van der Waals surface area contributed by atoms with E-state index in [0.29, 0.717) is 23.7 Å². The molecule has 0 amide bonds. The van der Waals surface area contributed by atoms with E-state index in [1.165, 1.54) is 10.9 Å². The highest BCUT2D eigenvalue weighted by molar-refractivity contribution is 5.85. The van der Waals surface area contributed by atoms with Crippen LogP contribution < -0.4 is 20.6 Å². The predicted octanol–water partition coefficient (Wildman–Crippen LogP) is 1.05. The van der Waals surface area contributed by atoms with Crippen LogP contribution in [0.3, 0.4) is 0 Å². The van der Waals surface area contributed by atoms with Crippen LogP contribution in [-0.4, -0.2) is 73.1 Å². The number of nitrogen functional groups attached to an aromatic ring is 1. The number of imidazole rings is 1. The van der Waals surface area contributed by atoms with Crippen LogP contribution in [0.4, 0.5) is 11.8 Å². The minimum atomic E-state index is -1.36. The van der Waals surface area contributed by atoms with Crippen molar-refractivity contribution in [1.29, 1.82) is 0 Å². The van der Waals surface area contributed by atoms with Gasteiger partial charge < -0.3 is 35.3 Å². The number of hydrogen-bond donors (Lipinski definition) is 5. The Morgan fingerprint density at radius 3 is 2.68 bits per heavy atom. The van der Waals surface area contributed by atoms with Crippen molar-refractivity contribution >= 4 is 29.1 Å². The van der Waals surface area contributed by atoms with Crippen molar-refractivity contribution in [2.24, 2.45) is 5.10 Å². The summed E-state index contributed by atoms with van der Waals surface area (Å²) >= 11 is 0. The Kier molecular flexibility index (Phi) is 7.33. The third-order valence-electron chi connectivity index (χ3n) is 6.08. The number of aliphatic hydroxyl groups excluding tert-OH is 3. The highest BCUT2D eigenvalue weighted by atomic mass is 16.6. The van der Waals surface area contributed by atoms with Crippen LogP contribution in [0.15, 0.2) is 60.0 Å². The fraction of sp³-hybridized carbons (Fsp3) is 0.280. The Balaban J connectivity index is 1.37. The molecule has 13 nitrogen and oxygen atoms in total. The monoisotopic (exact) mass is 521 g/mol. The Labute approximate surface area is 217 Å². The van der Waals surface area contributed by atoms with Crippen molar-refractivity contribution in [2.75, 3.05) is 24.9 Å². The molecule has 4 atom stereocenters. The van der Waals surface area contributed by atoms with Gasteiger partial charge in [-0.1, -0.05) is 30.3 Å². The van der Waals surface area contributed by atoms with Crippen molar-refractivity contribution in [3.63, 3.8) is 0 Å². The van der Waals surface area contributed by atoms with Crippen molar-refractivity contribution in [3.05, 3.63) is 66.0 Å². The predicted molar refractivity (Wildman–Crippen MR) is 138 cm³/mol. The zero-order chi connectivity index (χ0) is 26.6. The number of aliphatic hydroxyl groups is 3. The second-order valence-electron chi connectivity index (χ2n) is 8.52. The number of nitrogens with zero attached hydrogens (tertiary/aromatic N) is 5. The minimum absolute atomic E-state index is 0.114. The van der Waals surface area contributed by atoms with E-state index in [0.717, 1.165) is 5.56 Å². The number of hydrazone groups is 1. The van der Waals surface area contributed by atoms with Gasteiger partial charge in [-0.3, -0.25) is 4.57 Å². The number of hydrogen-bond acceptors (Lipinski definition) is 12. The first-order valence-electron chi connectivity index (χ1n) is 11.7. The summed E-state index contributed by atoms with van der Waals surface area (Å²) in [5, 5.41) is 34.6. The molecule has 5 rings (SSSR count). The van der Waals surface area contributed by atoms with Crippen LogP contribution in [0.1, 0.15) is 17.4 Å². The molecule has 3 heterocycles. The molecule has 0 spiro atoms. The summed E-state index contributed by atoms with van der Waals surface area (Å²) in [6.45, 7) is -0.0817. The fourth-order valence-corrected chi connectivity index (χ4v) is 4.12. The van der Waals surface area contributed by atoms with E-state index < -0.39 is 31.1 Å². The quantitative estimate of drug-likeness (QED) is 0.157. The number of aromatic nitrogens is 4. The maximum atomic E-state index is 10.6. The first-order valence-corrected chi connectivity index (χ1v) is 11.7. The standard InChI is InChI=1S/C25H27N7O6/c1-36-17-9-15(7-8-16(17)37-12-14-5-3-2-4-6-14)10-29-31-25-30-19-22(26)27-13-28-23(19)32(25)24-21(35)20(34)18(11-33)38-24/h2-10,13,18,20-21,24,33-35H,11-12H2,1H3,(H,30,31)(H2,26,27,28)/b29-10-/t18-,20+,21+,24+/m0/s1. The molecule has 0 unspecified atom stereocenters. The van der Waals surface area contributed by atoms with Gasteiger partial charge in [0.25, 0.3) is 0 Å². The van der Waals surface area contributed by atoms with Crippen molar-refractivity contribution in [3.8, 4) is 11.5 Å². The van der Waals surface area contributed by atoms with Gasteiger partial charge in [-0.25, -0.2) is 20.4 Å². The molecule has 1 saturated heterocycles. The summed E-state index contributed by atoms with van der Waals surface area (Å²) < 4.78 is 18.5. The van der Waals surface area contributed by atoms with Gasteiger partial charge in [-0.15, -0.1) is 0 Å². The van der Waals surface area contributed by atoms with Crippen LogP contribution in [0.2, 0.25) is 0 Å². The molecule has 2 aromatic carbocycles. The number of nitrogens with two attached hydrogens (primary N) is 1. The molecule has 0 bridgehead atoms. The van der Waals surface area contributed by atoms with Gasteiger partial charge in [-0.05, 0) is 29.3 Å². The summed E-state index contributed by atoms with van der Waals surface area (Å²) in [7, 11) is 1.55. The molecule has 6 N–H and O–H groups in total. The second-order valence-corrected chi connectivity index (χ2v) is 8.52. The fourth-order valence-electron chi connectivity index (χ4n) is 4.12. The summed E-state index contributed by atoms with van der Waals surface area (Å²) in [5.41, 5.74) is 11.0. The van der Waals surface area contributed by atoms with E-state index in [1.807, 2.05) is 36.4 Å². The van der Waals surface area contributed by atoms with Gasteiger partial charge in [0.05, 0.1) is 19.9 Å². The highest BCUT2D eigenvalue weighted by Crippen LogP contribution is 2.35. The number of ether oxygens (including phenoxy) is 3. The Bertz CT molecular complexity index is 1430. The maximum Gasteiger partial charge on any atom is 0.228 e. The van der Waals surface area contributed by atoms with Gasteiger partial charge >= 0.3 is 0 Å². The molecular weight excluding hydrogens is 494 g/mol. The molecular formula is C25H27N7O6. The van der Waals surface area contributed by atoms with E-state index in [-0.39, 0.29) is 22.9 Å². The molecule has 0 aliphatic carbocycles. The number of rotatable bonds is 9. The van der Waals surface area contributed by atoms with E-state index >= 15 is 0 Å². The van der Waals surface area contributed by atoms with Gasteiger partial charge in [0.1, 0.15) is 31.2 Å². The average molecular weight is 522 g/mol. The Morgan fingerprint density at radius 1 is 1.13 bits per heavy atom. The van der Waals surface area contributed by atoms with E-state index in [4.69, 9.17) is 19.9 Å². The molecule has 0 saturated carbocycles. The Hall–Kier alpha value is -4.30. The lowest BCUT2D eigenvalue weighted by Gasteiger charge is -2.18. The first-order chi connectivity index (χ1) is 18.5. The van der Waals surface area contributed by atoms with Crippen molar-refractivity contribution < 1.29 is 29.5 Å². The third-order valence-corrected chi connectivity index (χ3v) is 6.08. The minimum Gasteiger partial charge on any atom is -0.493 e. The smallest absolute Gasteiger partial charge is 0.228 e. The second kappa shape index (κ2) is 11.0. The number of nitrogens with one attached hydrogen (secondary N) is 1. The van der Waals surface area contributed by atoms with Crippen LogP contribution in [-0.2, 0) is 11.3 Å². The van der Waals surface area contributed by atoms with Gasteiger partial charge in [0, 0.05) is 0 Å². The molecule has 4 aromatic rings. The van der Waals surface area contributed by atoms with E-state index in [1.54, 1.807) is 25.5 Å². The summed E-state index contributed by atoms with van der Waals surface area (Å²) in [6, 6.07) is 15.2. The Morgan fingerprint density at radius 2 is 1.95 bits per heavy atom. The lowest BCUT2D eigenvalue weighted by atomic mass is 10.1. The normalized spacial score (nSPS) is 21.3. The SMILES string of the molecule is COc1cc(/C=N\Nc2nc3c(N)ncnc3n2[C@@H]2O[C@@H](CO)[C@@H](O)[C@H]2O)ccc1OCc1ccccc1. The van der Waals surface area contributed by atoms with Crippen LogP contribution in [0, 0.1) is 0 Å². The van der Waals surface area contributed by atoms with Crippen molar-refractivity contribution in [2.45, 2.75) is 31.1 Å². The highest BCUT2D eigenvalue weighted by Gasteiger charge is 2.45. The maximum absolute atomic E-state index is 10.6. The summed E-state index contributed by atoms with van der Waals surface area (Å²) in [4.78, 5) is 12.6. The van der Waals surface area contributed by atoms with Crippen LogP contribution in [0.5, 0.6) is 11.5 Å². The number of benzene rings is 2. The van der Waals surface area contributed by atoms with Crippen molar-refractivity contribution in [1.82, 2.24) is 19.5 Å². The first kappa shape index (κ1) is 25.4. The van der Waals surface area contributed by atoms with Gasteiger partial charge in [0.2, 0.25) is 5.95 Å². The summed E-state index contributed by atoms with van der Waals surface area (Å²) in [5.74, 6) is 1.37. The molecule has 38 heavy (non-hydrogen) atoms. The molecule has 1 aliphatic rings. The lowest BCUT2D eigenvalue weighted by molar-refractivity contribution is -0.0501. The number of fused-ring (bicyclic) bond motifs is 1. The molecule has 0 radical (unpaired) electrons. The topological polar surface area (TPSA) is 182 Å². The van der Waals surface area contributed by atoms with E-state index in [9.17, 15) is 15.3 Å². The number of anilines is 2. The lowest BCUT2D eigenvalue weighted by Crippen LogP contribution is -2.33. The molecule has 13 heteroatoms. The average Bonchev–Trinajstić information content (AvgIpc) is 3.45. The van der Waals surface area contributed by atoms with E-state index in [2.05, 4.69) is 25.5 Å². The zero-order valence-electron chi connectivity index (χ0n) is 20.4. The largest absolute Gasteiger partial charge is 0.493 e. The molecule has 1 aliphatic heterocycles. The molecule has 2 aromatic heterocycles. The summed E-state index contributed by atoms with van der Waals surface area (Å²) in [6.07, 6.45) is -1.98. The molecule has 1 fully saturated rings. The van der Waals surface area contributed by atoms with Crippen LogP contribution in [0.25, 0.3) is 11.2 Å². The molecule has 198 valence electrons. The number of methoxy groups -OCH3 is 1. The van der Waals surface area contributed by atoms with Gasteiger partial charge in [-0.2, -0.15) is 5.10 Å². The van der Waals surface area contributed by atoms with Crippen LogP contribution >= 0.6 is 0 Å². The van der Waals surface area contributed by atoms with Gasteiger partial charge in [0.15, 0.2) is 34.7 Å². The third kappa shape index (κ3) is 4.95.